The van der Waals surface area contributed by atoms with Gasteiger partial charge < -0.3 is 15.3 Å². The molecule has 0 aliphatic rings. The molecule has 114 valence electrons. The SMILES string of the molecule is NC(=O)Oc1cccc(C(=O)C[C@@H](CC=O)C(F)(F)F)n1. The van der Waals surface area contributed by atoms with Gasteiger partial charge in [0.05, 0.1) is 5.92 Å². The number of carbonyl (C=O) groups is 3. The van der Waals surface area contributed by atoms with Gasteiger partial charge in [-0.1, -0.05) is 6.07 Å². The number of nitrogens with two attached hydrogens (primary N) is 1. The van der Waals surface area contributed by atoms with Crippen LogP contribution in [0.4, 0.5) is 18.0 Å². The number of hydrogen-bond acceptors (Lipinski definition) is 5. The molecule has 0 saturated carbocycles. The van der Waals surface area contributed by atoms with Gasteiger partial charge in [0.1, 0.15) is 12.0 Å². The normalized spacial score (nSPS) is 12.5. The minimum atomic E-state index is -4.67. The van der Waals surface area contributed by atoms with Crippen molar-refractivity contribution in [3.63, 3.8) is 0 Å². The fourth-order valence-electron chi connectivity index (χ4n) is 1.51. The zero-order valence-electron chi connectivity index (χ0n) is 10.6. The first kappa shape index (κ1) is 16.6. The number of carbonyl (C=O) groups excluding carboxylic acids is 3. The van der Waals surface area contributed by atoms with Gasteiger partial charge in [0.2, 0.25) is 5.88 Å². The minimum Gasteiger partial charge on any atom is -0.391 e. The van der Waals surface area contributed by atoms with Crippen LogP contribution in [-0.2, 0) is 4.79 Å². The van der Waals surface area contributed by atoms with E-state index in [1.165, 1.54) is 18.2 Å². The number of primary amides is 1. The number of aldehydes is 1. The molecule has 1 aromatic rings. The molecule has 0 unspecified atom stereocenters. The Bertz CT molecular complexity index is 546. The molecule has 1 amide bonds. The maximum absolute atomic E-state index is 12.6. The van der Waals surface area contributed by atoms with Gasteiger partial charge in [0, 0.05) is 18.9 Å². The molecule has 0 saturated heterocycles. The molecule has 6 nitrogen and oxygen atoms in total. The summed E-state index contributed by atoms with van der Waals surface area (Å²) in [6.07, 6.45) is -7.47. The van der Waals surface area contributed by atoms with E-state index >= 15 is 0 Å². The van der Waals surface area contributed by atoms with Crippen LogP contribution in [0, 0.1) is 5.92 Å². The second kappa shape index (κ2) is 6.82. The molecule has 0 aromatic carbocycles. The number of aromatic nitrogens is 1. The van der Waals surface area contributed by atoms with Gasteiger partial charge in [0.25, 0.3) is 0 Å². The maximum atomic E-state index is 12.6. The number of ether oxygens (including phenoxy) is 1. The first-order valence-corrected chi connectivity index (χ1v) is 5.72. The van der Waals surface area contributed by atoms with E-state index in [-0.39, 0.29) is 17.9 Å². The number of nitrogens with zero attached hydrogens (tertiary/aromatic N) is 1. The predicted molar refractivity (Wildman–Crippen MR) is 63.6 cm³/mol. The van der Waals surface area contributed by atoms with Crippen LogP contribution in [0.15, 0.2) is 18.2 Å². The van der Waals surface area contributed by atoms with Gasteiger partial charge in [-0.3, -0.25) is 4.79 Å². The van der Waals surface area contributed by atoms with Gasteiger partial charge >= 0.3 is 12.3 Å². The number of rotatable bonds is 6. The van der Waals surface area contributed by atoms with E-state index in [2.05, 4.69) is 9.72 Å². The molecular weight excluding hydrogens is 293 g/mol. The quantitative estimate of drug-likeness (QED) is 0.639. The van der Waals surface area contributed by atoms with Crippen LogP contribution in [0.25, 0.3) is 0 Å². The van der Waals surface area contributed by atoms with E-state index in [1.54, 1.807) is 0 Å². The number of ketones is 1. The third kappa shape index (κ3) is 5.21. The third-order valence-electron chi connectivity index (χ3n) is 2.49. The van der Waals surface area contributed by atoms with Crippen molar-refractivity contribution in [2.24, 2.45) is 11.7 Å². The fraction of sp³-hybridized carbons (Fsp3) is 0.333. The Morgan fingerprint density at radius 2 is 2.05 bits per heavy atom. The smallest absolute Gasteiger partial charge is 0.391 e. The van der Waals surface area contributed by atoms with E-state index in [0.717, 1.165) is 0 Å². The molecule has 1 heterocycles. The summed E-state index contributed by atoms with van der Waals surface area (Å²) < 4.78 is 42.3. The van der Waals surface area contributed by atoms with Crippen molar-refractivity contribution < 1.29 is 32.3 Å². The second-order valence-electron chi connectivity index (χ2n) is 4.05. The number of alkyl halides is 3. The molecule has 0 bridgehead atoms. The molecule has 0 fully saturated rings. The van der Waals surface area contributed by atoms with Crippen molar-refractivity contribution in [2.75, 3.05) is 0 Å². The maximum Gasteiger partial charge on any atom is 0.411 e. The summed E-state index contributed by atoms with van der Waals surface area (Å²) in [4.78, 5) is 36.1. The average Bonchev–Trinajstić information content (AvgIpc) is 2.36. The first-order chi connectivity index (χ1) is 9.74. The predicted octanol–water partition coefficient (Wildman–Crippen LogP) is 1.88. The Morgan fingerprint density at radius 3 is 2.57 bits per heavy atom. The standard InChI is InChI=1S/C12H11F3N2O4/c13-12(14,15)7(4-5-18)6-9(19)8-2-1-3-10(17-8)21-11(16)20/h1-3,5,7H,4,6H2,(H2,16,20)/t7-/m1/s1. The van der Waals surface area contributed by atoms with E-state index in [4.69, 9.17) is 5.73 Å². The number of amides is 1. The van der Waals surface area contributed by atoms with Crippen LogP contribution in [0.3, 0.4) is 0 Å². The molecule has 0 aliphatic carbocycles. The zero-order valence-corrected chi connectivity index (χ0v) is 10.6. The Balaban J connectivity index is 2.87. The summed E-state index contributed by atoms with van der Waals surface area (Å²) in [5.74, 6) is -3.30. The molecule has 1 aromatic heterocycles. The molecule has 9 heteroatoms. The van der Waals surface area contributed by atoms with E-state index in [1.807, 2.05) is 0 Å². The molecule has 0 spiro atoms. The van der Waals surface area contributed by atoms with Crippen LogP contribution < -0.4 is 10.5 Å². The third-order valence-corrected chi connectivity index (χ3v) is 2.49. The highest BCUT2D eigenvalue weighted by Crippen LogP contribution is 2.31. The van der Waals surface area contributed by atoms with Crippen molar-refractivity contribution in [1.82, 2.24) is 4.98 Å². The van der Waals surface area contributed by atoms with Crippen LogP contribution in [-0.4, -0.2) is 29.3 Å². The molecule has 0 aliphatic heterocycles. The lowest BCUT2D eigenvalue weighted by atomic mass is 9.97. The Labute approximate surface area is 117 Å². The lowest BCUT2D eigenvalue weighted by Crippen LogP contribution is -2.26. The van der Waals surface area contributed by atoms with E-state index in [0.29, 0.717) is 0 Å². The van der Waals surface area contributed by atoms with Crippen molar-refractivity contribution in [3.05, 3.63) is 23.9 Å². The highest BCUT2D eigenvalue weighted by atomic mass is 19.4. The van der Waals surface area contributed by atoms with Crippen molar-refractivity contribution in [3.8, 4) is 5.88 Å². The molecule has 1 rings (SSSR count). The van der Waals surface area contributed by atoms with Crippen molar-refractivity contribution >= 4 is 18.2 Å². The Morgan fingerprint density at radius 1 is 1.38 bits per heavy atom. The lowest BCUT2D eigenvalue weighted by molar-refractivity contribution is -0.175. The minimum absolute atomic E-state index is 0.103. The highest BCUT2D eigenvalue weighted by Gasteiger charge is 2.40. The van der Waals surface area contributed by atoms with Crippen LogP contribution >= 0.6 is 0 Å². The Kier molecular flexibility index (Phi) is 5.39. The van der Waals surface area contributed by atoms with Gasteiger partial charge in [0.15, 0.2) is 5.78 Å². The molecule has 2 N–H and O–H groups in total. The number of Topliss-reactive ketones (excluding diaryl/α,β-unsaturated/α-hetero) is 1. The van der Waals surface area contributed by atoms with Crippen LogP contribution in [0.1, 0.15) is 23.3 Å². The topological polar surface area (TPSA) is 99.4 Å². The highest BCUT2D eigenvalue weighted by molar-refractivity contribution is 5.94. The van der Waals surface area contributed by atoms with Crippen LogP contribution in [0.5, 0.6) is 5.88 Å². The van der Waals surface area contributed by atoms with Gasteiger partial charge in [-0.2, -0.15) is 13.2 Å². The fourth-order valence-corrected chi connectivity index (χ4v) is 1.51. The van der Waals surface area contributed by atoms with E-state index in [9.17, 15) is 27.6 Å². The summed E-state index contributed by atoms with van der Waals surface area (Å²) in [5.41, 5.74) is 4.44. The lowest BCUT2D eigenvalue weighted by Gasteiger charge is -2.16. The van der Waals surface area contributed by atoms with Crippen LogP contribution in [0.2, 0.25) is 0 Å². The molecule has 1 atom stereocenters. The first-order valence-electron chi connectivity index (χ1n) is 5.72. The number of halogens is 3. The summed E-state index contributed by atoms with van der Waals surface area (Å²) in [7, 11) is 0. The Hall–Kier alpha value is -2.45. The summed E-state index contributed by atoms with van der Waals surface area (Å²) in [5, 5.41) is 0. The number of pyridine rings is 1. The zero-order chi connectivity index (χ0) is 16.0. The average molecular weight is 304 g/mol. The van der Waals surface area contributed by atoms with Crippen molar-refractivity contribution in [2.45, 2.75) is 19.0 Å². The second-order valence-corrected chi connectivity index (χ2v) is 4.05. The summed E-state index contributed by atoms with van der Waals surface area (Å²) in [6.45, 7) is 0. The van der Waals surface area contributed by atoms with Gasteiger partial charge in [-0.15, -0.1) is 0 Å². The molecule has 21 heavy (non-hydrogen) atoms. The largest absolute Gasteiger partial charge is 0.411 e. The summed E-state index contributed by atoms with van der Waals surface area (Å²) >= 11 is 0. The van der Waals surface area contributed by atoms with Gasteiger partial charge in [-0.05, 0) is 6.07 Å². The van der Waals surface area contributed by atoms with Crippen molar-refractivity contribution in [1.29, 1.82) is 0 Å². The monoisotopic (exact) mass is 304 g/mol. The summed E-state index contributed by atoms with van der Waals surface area (Å²) in [6, 6.07) is 3.67. The van der Waals surface area contributed by atoms with Gasteiger partial charge in [-0.25, -0.2) is 9.78 Å². The number of hydrogen-bond donors (Lipinski definition) is 1. The molecular formula is C12H11F3N2O4. The molecule has 0 radical (unpaired) electrons. The van der Waals surface area contributed by atoms with E-state index < -0.39 is 36.8 Å².